The Balaban J connectivity index is 2.04. The van der Waals surface area contributed by atoms with E-state index in [9.17, 15) is 14.7 Å². The van der Waals surface area contributed by atoms with Gasteiger partial charge in [0.2, 0.25) is 11.8 Å². The van der Waals surface area contributed by atoms with Gasteiger partial charge in [-0.1, -0.05) is 6.92 Å². The zero-order valence-corrected chi connectivity index (χ0v) is 9.72. The molecule has 3 unspecified atom stereocenters. The number of aliphatic hydroxyl groups is 1. The summed E-state index contributed by atoms with van der Waals surface area (Å²) >= 11 is 0. The van der Waals surface area contributed by atoms with E-state index in [0.717, 1.165) is 0 Å². The quantitative estimate of drug-likeness (QED) is 0.609. The van der Waals surface area contributed by atoms with Crippen molar-refractivity contribution in [3.8, 4) is 0 Å². The number of hydrogen-bond acceptors (Lipinski definition) is 4. The molecule has 90 valence electrons. The summed E-state index contributed by atoms with van der Waals surface area (Å²) in [6, 6.07) is -0.299. The van der Waals surface area contributed by atoms with Crippen LogP contribution in [0.15, 0.2) is 0 Å². The van der Waals surface area contributed by atoms with Gasteiger partial charge in [0.15, 0.2) is 0 Å². The summed E-state index contributed by atoms with van der Waals surface area (Å²) in [5.41, 5.74) is 0. The van der Waals surface area contributed by atoms with Crippen LogP contribution in [-0.4, -0.2) is 59.0 Å². The van der Waals surface area contributed by atoms with Gasteiger partial charge in [-0.05, 0) is 12.3 Å². The first kappa shape index (κ1) is 11.5. The molecule has 0 aromatic heterocycles. The number of piperidine rings is 1. The Bertz CT molecular complexity index is 318. The molecule has 0 saturated carbocycles. The van der Waals surface area contributed by atoms with Crippen LogP contribution in [0.4, 0.5) is 0 Å². The summed E-state index contributed by atoms with van der Waals surface area (Å²) in [7, 11) is 1.53. The molecule has 2 heterocycles. The number of rotatable bonds is 1. The largest absolute Gasteiger partial charge is 0.393 e. The molecule has 0 radical (unpaired) electrons. The maximum absolute atomic E-state index is 11.8. The maximum Gasteiger partial charge on any atom is 0.246 e. The Morgan fingerprint density at radius 1 is 1.38 bits per heavy atom. The fourth-order valence-electron chi connectivity index (χ4n) is 2.47. The molecule has 0 bridgehead atoms. The van der Waals surface area contributed by atoms with Crippen molar-refractivity contribution in [1.29, 1.82) is 0 Å². The monoisotopic (exact) mass is 226 g/mol. The first-order valence-corrected chi connectivity index (χ1v) is 5.73. The first-order valence-electron chi connectivity index (χ1n) is 5.73. The van der Waals surface area contributed by atoms with Gasteiger partial charge >= 0.3 is 0 Å². The van der Waals surface area contributed by atoms with Crippen molar-refractivity contribution < 1.29 is 14.7 Å². The van der Waals surface area contributed by atoms with Crippen LogP contribution in [0.1, 0.15) is 19.8 Å². The van der Waals surface area contributed by atoms with Crippen LogP contribution < -0.4 is 0 Å². The molecule has 2 aliphatic heterocycles. The van der Waals surface area contributed by atoms with E-state index in [-0.39, 0.29) is 36.3 Å². The van der Waals surface area contributed by atoms with E-state index in [1.165, 1.54) is 11.9 Å². The van der Waals surface area contributed by atoms with E-state index in [0.29, 0.717) is 19.5 Å². The predicted octanol–water partition coefficient (Wildman–Crippen LogP) is -0.554. The number of likely N-dealkylation sites (tertiary alicyclic amines) is 2. The van der Waals surface area contributed by atoms with Crippen LogP contribution >= 0.6 is 0 Å². The molecule has 5 nitrogen and oxygen atoms in total. The van der Waals surface area contributed by atoms with E-state index < -0.39 is 0 Å². The lowest BCUT2D eigenvalue weighted by Crippen LogP contribution is -2.49. The van der Waals surface area contributed by atoms with Crippen molar-refractivity contribution in [3.05, 3.63) is 0 Å². The summed E-state index contributed by atoms with van der Waals surface area (Å²) in [5, 5.41) is 9.62. The minimum atomic E-state index is -0.299. The van der Waals surface area contributed by atoms with Gasteiger partial charge in [0.1, 0.15) is 0 Å². The van der Waals surface area contributed by atoms with Gasteiger partial charge in [-0.25, -0.2) is 0 Å². The molecular formula is C11H18N2O3. The van der Waals surface area contributed by atoms with Gasteiger partial charge in [-0.2, -0.15) is 0 Å². The normalized spacial score (nSPS) is 37.2. The number of likely N-dealkylation sites (N-methyl/N-ethyl adjacent to an activating group) is 1. The predicted molar refractivity (Wildman–Crippen MR) is 57.5 cm³/mol. The number of imide groups is 1. The van der Waals surface area contributed by atoms with Crippen LogP contribution in [0.5, 0.6) is 0 Å². The van der Waals surface area contributed by atoms with Gasteiger partial charge in [-0.15, -0.1) is 0 Å². The van der Waals surface area contributed by atoms with Crippen molar-refractivity contribution in [2.24, 2.45) is 5.92 Å². The fourth-order valence-corrected chi connectivity index (χ4v) is 2.47. The van der Waals surface area contributed by atoms with E-state index in [1.54, 1.807) is 0 Å². The molecule has 5 heteroatoms. The Morgan fingerprint density at radius 2 is 2.06 bits per heavy atom. The third kappa shape index (κ3) is 1.85. The first-order chi connectivity index (χ1) is 7.50. The highest BCUT2D eigenvalue weighted by Crippen LogP contribution is 2.24. The molecule has 2 saturated heterocycles. The maximum atomic E-state index is 11.8. The van der Waals surface area contributed by atoms with Crippen molar-refractivity contribution in [2.45, 2.75) is 31.9 Å². The van der Waals surface area contributed by atoms with Gasteiger partial charge in [0.05, 0.1) is 18.6 Å². The molecule has 2 aliphatic rings. The van der Waals surface area contributed by atoms with Crippen LogP contribution in [0.2, 0.25) is 0 Å². The Hall–Kier alpha value is -0.940. The van der Waals surface area contributed by atoms with Crippen molar-refractivity contribution in [3.63, 3.8) is 0 Å². The van der Waals surface area contributed by atoms with E-state index in [4.69, 9.17) is 0 Å². The van der Waals surface area contributed by atoms with Gasteiger partial charge in [0.25, 0.3) is 0 Å². The fraction of sp³-hybridized carbons (Fsp3) is 0.818. The molecule has 0 aliphatic carbocycles. The zero-order chi connectivity index (χ0) is 11.9. The summed E-state index contributed by atoms with van der Waals surface area (Å²) in [4.78, 5) is 26.5. The highest BCUT2D eigenvalue weighted by molar-refractivity contribution is 6.05. The zero-order valence-electron chi connectivity index (χ0n) is 9.72. The lowest BCUT2D eigenvalue weighted by atomic mass is 9.95. The topological polar surface area (TPSA) is 60.9 Å². The second-order valence-corrected chi connectivity index (χ2v) is 4.84. The summed E-state index contributed by atoms with van der Waals surface area (Å²) in [5.74, 6) is -0.0371. The Kier molecular flexibility index (Phi) is 2.99. The van der Waals surface area contributed by atoms with Gasteiger partial charge < -0.3 is 5.11 Å². The highest BCUT2D eigenvalue weighted by Gasteiger charge is 2.41. The SMILES string of the molecule is CC1CN(C2CC(=O)N(C)C2=O)CCC1O. The highest BCUT2D eigenvalue weighted by atomic mass is 16.3. The lowest BCUT2D eigenvalue weighted by Gasteiger charge is -2.36. The molecule has 2 rings (SSSR count). The molecule has 16 heavy (non-hydrogen) atoms. The van der Waals surface area contributed by atoms with Crippen LogP contribution in [-0.2, 0) is 9.59 Å². The molecular weight excluding hydrogens is 208 g/mol. The third-order valence-electron chi connectivity index (χ3n) is 3.69. The molecule has 2 fully saturated rings. The summed E-state index contributed by atoms with van der Waals surface area (Å²) in [6.45, 7) is 3.36. The lowest BCUT2D eigenvalue weighted by molar-refractivity contribution is -0.138. The van der Waals surface area contributed by atoms with Crippen LogP contribution in [0.25, 0.3) is 0 Å². The van der Waals surface area contributed by atoms with Crippen molar-refractivity contribution in [2.75, 3.05) is 20.1 Å². The average Bonchev–Trinajstić information content (AvgIpc) is 2.50. The second-order valence-electron chi connectivity index (χ2n) is 4.84. The standard InChI is InChI=1S/C11H18N2O3/c1-7-6-13(4-3-9(7)14)8-5-10(15)12(2)11(8)16/h7-9,14H,3-6H2,1-2H3. The number of amides is 2. The van der Waals surface area contributed by atoms with Gasteiger partial charge in [-0.3, -0.25) is 19.4 Å². The van der Waals surface area contributed by atoms with Gasteiger partial charge in [0, 0.05) is 20.1 Å². The van der Waals surface area contributed by atoms with Crippen molar-refractivity contribution >= 4 is 11.8 Å². The van der Waals surface area contributed by atoms with Crippen molar-refractivity contribution in [1.82, 2.24) is 9.80 Å². The van der Waals surface area contributed by atoms with E-state index in [1.807, 2.05) is 11.8 Å². The Labute approximate surface area is 95.0 Å². The molecule has 2 amide bonds. The van der Waals surface area contributed by atoms with E-state index in [2.05, 4.69) is 0 Å². The minimum Gasteiger partial charge on any atom is -0.393 e. The average molecular weight is 226 g/mol. The molecule has 0 aromatic rings. The summed E-state index contributed by atoms with van der Waals surface area (Å²) in [6.07, 6.45) is 0.697. The number of nitrogens with zero attached hydrogens (tertiary/aromatic N) is 2. The van der Waals surface area contributed by atoms with Crippen LogP contribution in [0, 0.1) is 5.92 Å². The number of hydrogen-bond donors (Lipinski definition) is 1. The molecule has 3 atom stereocenters. The van der Waals surface area contributed by atoms with E-state index >= 15 is 0 Å². The molecule has 0 spiro atoms. The minimum absolute atomic E-state index is 0.103. The number of carbonyl (C=O) groups is 2. The Morgan fingerprint density at radius 3 is 2.56 bits per heavy atom. The third-order valence-corrected chi connectivity index (χ3v) is 3.69. The smallest absolute Gasteiger partial charge is 0.246 e. The second kappa shape index (κ2) is 4.14. The number of carbonyl (C=O) groups excluding carboxylic acids is 2. The van der Waals surface area contributed by atoms with Crippen LogP contribution in [0.3, 0.4) is 0 Å². The molecule has 1 N–H and O–H groups in total. The molecule has 0 aromatic carbocycles. The summed E-state index contributed by atoms with van der Waals surface area (Å²) < 4.78 is 0. The number of aliphatic hydroxyl groups excluding tert-OH is 1.